The molecule has 3 heteroatoms. The van der Waals surface area contributed by atoms with E-state index in [9.17, 15) is 5.11 Å². The Morgan fingerprint density at radius 3 is 1.25 bits per heavy atom. The molecule has 1 N–H and O–H groups in total. The van der Waals surface area contributed by atoms with Gasteiger partial charge in [0.1, 0.15) is 5.60 Å². The summed E-state index contributed by atoms with van der Waals surface area (Å²) in [6.45, 7) is 0.789. The largest absolute Gasteiger partial charge is 0.380 e. The molecular formula is C29H30BrNO. The second kappa shape index (κ2) is 10.7. The van der Waals surface area contributed by atoms with Crippen LogP contribution in [0.1, 0.15) is 17.5 Å². The number of rotatable bonds is 7. The zero-order chi connectivity index (χ0) is 21.7. The predicted octanol–water partition coefficient (Wildman–Crippen LogP) is 6.79. The fraction of sp³-hybridized carbons (Fsp3) is 0.172. The van der Waals surface area contributed by atoms with Gasteiger partial charge in [-0.1, -0.05) is 109 Å². The predicted molar refractivity (Wildman–Crippen MR) is 140 cm³/mol. The van der Waals surface area contributed by atoms with Crippen LogP contribution in [0.25, 0.3) is 22.3 Å². The zero-order valence-electron chi connectivity index (χ0n) is 18.6. The summed E-state index contributed by atoms with van der Waals surface area (Å²) in [5.74, 6) is 0. The monoisotopic (exact) mass is 487 g/mol. The lowest BCUT2D eigenvalue weighted by atomic mass is 9.82. The molecule has 0 radical (unpaired) electrons. The maximum atomic E-state index is 11.9. The standard InChI is InChI=1S/C29H29NO.BrH/c1-30(2)22-21-29(31,27-17-13-25(14-18-27)23-9-5-3-6-10-23)28-19-15-26(16-20-28)24-11-7-4-8-12-24;/h3-20,31H,21-22H2,1-2H3;1H. The van der Waals surface area contributed by atoms with E-state index in [0.29, 0.717) is 6.42 Å². The molecule has 164 valence electrons. The number of benzene rings is 4. The first-order valence-electron chi connectivity index (χ1n) is 10.8. The number of hydrogen-bond donors (Lipinski definition) is 1. The highest BCUT2D eigenvalue weighted by molar-refractivity contribution is 8.93. The molecule has 0 saturated carbocycles. The van der Waals surface area contributed by atoms with Gasteiger partial charge in [0.2, 0.25) is 0 Å². The third kappa shape index (κ3) is 5.36. The van der Waals surface area contributed by atoms with Crippen molar-refractivity contribution in [1.29, 1.82) is 0 Å². The zero-order valence-corrected chi connectivity index (χ0v) is 20.3. The van der Waals surface area contributed by atoms with Crippen LogP contribution in [-0.2, 0) is 5.60 Å². The molecule has 4 aromatic carbocycles. The molecule has 0 atom stereocenters. The summed E-state index contributed by atoms with van der Waals surface area (Å²) in [6, 6.07) is 37.3. The molecule has 32 heavy (non-hydrogen) atoms. The first kappa shape index (κ1) is 23.9. The van der Waals surface area contributed by atoms with Crippen LogP contribution in [0.15, 0.2) is 109 Å². The van der Waals surface area contributed by atoms with Crippen LogP contribution in [0.3, 0.4) is 0 Å². The van der Waals surface area contributed by atoms with Gasteiger partial charge in [-0.25, -0.2) is 0 Å². The molecule has 0 bridgehead atoms. The second-order valence-corrected chi connectivity index (χ2v) is 8.30. The van der Waals surface area contributed by atoms with Crippen molar-refractivity contribution in [3.05, 3.63) is 120 Å². The van der Waals surface area contributed by atoms with E-state index in [1.807, 2.05) is 50.5 Å². The van der Waals surface area contributed by atoms with Crippen LogP contribution < -0.4 is 0 Å². The van der Waals surface area contributed by atoms with Gasteiger partial charge in [-0.15, -0.1) is 17.0 Å². The highest BCUT2D eigenvalue weighted by Gasteiger charge is 2.31. The lowest BCUT2D eigenvalue weighted by molar-refractivity contribution is 0.0629. The Bertz CT molecular complexity index is 1010. The normalized spacial score (nSPS) is 11.2. The minimum Gasteiger partial charge on any atom is -0.380 e. The highest BCUT2D eigenvalue weighted by Crippen LogP contribution is 2.35. The summed E-state index contributed by atoms with van der Waals surface area (Å²) >= 11 is 0. The smallest absolute Gasteiger partial charge is 0.116 e. The Hall–Kier alpha value is -2.72. The van der Waals surface area contributed by atoms with Crippen molar-refractivity contribution >= 4 is 17.0 Å². The molecular weight excluding hydrogens is 458 g/mol. The van der Waals surface area contributed by atoms with Crippen LogP contribution in [-0.4, -0.2) is 30.6 Å². The van der Waals surface area contributed by atoms with E-state index in [1.54, 1.807) is 0 Å². The van der Waals surface area contributed by atoms with Crippen molar-refractivity contribution in [2.24, 2.45) is 0 Å². The number of halogens is 1. The van der Waals surface area contributed by atoms with E-state index in [1.165, 1.54) is 11.1 Å². The van der Waals surface area contributed by atoms with Gasteiger partial charge in [0.25, 0.3) is 0 Å². The van der Waals surface area contributed by atoms with E-state index in [0.717, 1.165) is 28.8 Å². The maximum Gasteiger partial charge on any atom is 0.116 e. The van der Waals surface area contributed by atoms with Crippen LogP contribution in [0, 0.1) is 0 Å². The average molecular weight is 488 g/mol. The Morgan fingerprint density at radius 2 is 0.906 bits per heavy atom. The van der Waals surface area contributed by atoms with Crippen molar-refractivity contribution in [2.75, 3.05) is 20.6 Å². The summed E-state index contributed by atoms with van der Waals surface area (Å²) in [4.78, 5) is 2.11. The first-order valence-corrected chi connectivity index (χ1v) is 10.8. The van der Waals surface area contributed by atoms with Gasteiger partial charge in [-0.3, -0.25) is 0 Å². The molecule has 0 fully saturated rings. The van der Waals surface area contributed by atoms with Crippen molar-refractivity contribution in [2.45, 2.75) is 12.0 Å². The highest BCUT2D eigenvalue weighted by atomic mass is 79.9. The number of nitrogens with zero attached hydrogens (tertiary/aromatic N) is 1. The first-order chi connectivity index (χ1) is 15.1. The Kier molecular flexibility index (Phi) is 8.03. The molecule has 0 saturated heterocycles. The van der Waals surface area contributed by atoms with Crippen molar-refractivity contribution in [1.82, 2.24) is 4.90 Å². The molecule has 0 aromatic heterocycles. The molecule has 0 aliphatic heterocycles. The van der Waals surface area contributed by atoms with E-state index in [-0.39, 0.29) is 17.0 Å². The van der Waals surface area contributed by atoms with Crippen LogP contribution >= 0.6 is 17.0 Å². The van der Waals surface area contributed by atoms with Gasteiger partial charge in [0.15, 0.2) is 0 Å². The van der Waals surface area contributed by atoms with Crippen LogP contribution in [0.4, 0.5) is 0 Å². The van der Waals surface area contributed by atoms with E-state index < -0.39 is 5.60 Å². The molecule has 0 heterocycles. The number of hydrogen-bond acceptors (Lipinski definition) is 2. The minimum atomic E-state index is -1.05. The molecule has 2 nitrogen and oxygen atoms in total. The molecule has 0 aliphatic carbocycles. The summed E-state index contributed by atoms with van der Waals surface area (Å²) in [6.07, 6.45) is 0.620. The number of aliphatic hydroxyl groups is 1. The van der Waals surface area contributed by atoms with E-state index in [2.05, 4.69) is 77.7 Å². The molecule has 4 rings (SSSR count). The molecule has 4 aromatic rings. The fourth-order valence-corrected chi connectivity index (χ4v) is 3.98. The van der Waals surface area contributed by atoms with Gasteiger partial charge in [0, 0.05) is 6.54 Å². The van der Waals surface area contributed by atoms with Gasteiger partial charge in [-0.05, 0) is 53.9 Å². The van der Waals surface area contributed by atoms with Crippen molar-refractivity contribution < 1.29 is 5.11 Å². The maximum absolute atomic E-state index is 11.9. The third-order valence-electron chi connectivity index (χ3n) is 5.86. The molecule has 0 aliphatic rings. The van der Waals surface area contributed by atoms with Crippen LogP contribution in [0.2, 0.25) is 0 Å². The fourth-order valence-electron chi connectivity index (χ4n) is 3.98. The van der Waals surface area contributed by atoms with Gasteiger partial charge in [0.05, 0.1) is 0 Å². The Balaban J connectivity index is 0.00000289. The molecule has 0 spiro atoms. The van der Waals surface area contributed by atoms with Crippen LogP contribution in [0.5, 0.6) is 0 Å². The lowest BCUT2D eigenvalue weighted by Gasteiger charge is -2.31. The van der Waals surface area contributed by atoms with E-state index in [4.69, 9.17) is 0 Å². The second-order valence-electron chi connectivity index (χ2n) is 8.30. The van der Waals surface area contributed by atoms with Crippen molar-refractivity contribution in [3.8, 4) is 22.3 Å². The SMILES string of the molecule is Br.CN(C)CCC(O)(c1ccc(-c2ccccc2)cc1)c1ccc(-c2ccccc2)cc1. The third-order valence-corrected chi connectivity index (χ3v) is 5.86. The Labute approximate surface area is 201 Å². The summed E-state index contributed by atoms with van der Waals surface area (Å²) < 4.78 is 0. The van der Waals surface area contributed by atoms with E-state index >= 15 is 0 Å². The quantitative estimate of drug-likeness (QED) is 0.310. The summed E-state index contributed by atoms with van der Waals surface area (Å²) in [5.41, 5.74) is 5.45. The lowest BCUT2D eigenvalue weighted by Crippen LogP contribution is -2.31. The summed E-state index contributed by atoms with van der Waals surface area (Å²) in [7, 11) is 4.08. The van der Waals surface area contributed by atoms with Gasteiger partial charge < -0.3 is 10.0 Å². The average Bonchev–Trinajstić information content (AvgIpc) is 2.84. The van der Waals surface area contributed by atoms with Gasteiger partial charge >= 0.3 is 0 Å². The minimum absolute atomic E-state index is 0. The van der Waals surface area contributed by atoms with Crippen molar-refractivity contribution in [3.63, 3.8) is 0 Å². The molecule has 0 unspecified atom stereocenters. The Morgan fingerprint density at radius 1 is 0.562 bits per heavy atom. The summed E-state index contributed by atoms with van der Waals surface area (Å²) in [5, 5.41) is 11.9. The molecule has 0 amide bonds. The van der Waals surface area contributed by atoms with Gasteiger partial charge in [-0.2, -0.15) is 0 Å². The topological polar surface area (TPSA) is 23.5 Å².